The monoisotopic (exact) mass is 256 g/mol. The number of imidazole rings is 1. The maximum atomic E-state index is 11.1. The fourth-order valence-electron chi connectivity index (χ4n) is 3.38. The highest BCUT2D eigenvalue weighted by Gasteiger charge is 2.44. The zero-order valence-electron chi connectivity index (χ0n) is 10.6. The number of hydrogen-bond donors (Lipinski definition) is 1. The van der Waals surface area contributed by atoms with Gasteiger partial charge >= 0.3 is 0 Å². The van der Waals surface area contributed by atoms with E-state index in [4.69, 9.17) is 4.74 Å². The van der Waals surface area contributed by atoms with Gasteiger partial charge in [0.25, 0.3) is 0 Å². The molecule has 4 rings (SSSR count). The topological polar surface area (TPSA) is 47.3 Å². The van der Waals surface area contributed by atoms with Crippen LogP contribution < -0.4 is 0 Å². The van der Waals surface area contributed by atoms with Crippen molar-refractivity contribution in [2.24, 2.45) is 0 Å². The molecule has 0 spiro atoms. The summed E-state index contributed by atoms with van der Waals surface area (Å²) in [6.07, 6.45) is 5.04. The van der Waals surface area contributed by atoms with Gasteiger partial charge in [0, 0.05) is 31.6 Å². The Morgan fingerprint density at radius 2 is 2.05 bits per heavy atom. The second-order valence-electron chi connectivity index (χ2n) is 5.39. The molecular formula is C15H16N2O2. The number of aliphatic hydroxyl groups is 1. The van der Waals surface area contributed by atoms with Gasteiger partial charge < -0.3 is 14.4 Å². The standard InChI is InChI=1S/C15H16N2O2/c18-15(5-7-19-8-6-15)14-12-4-2-1-3-11(12)13-9-16-10-17(13)14/h1-4,9-10,14,18H,5-8H2. The van der Waals surface area contributed by atoms with E-state index in [2.05, 4.69) is 21.7 Å². The summed E-state index contributed by atoms with van der Waals surface area (Å²) in [5.41, 5.74) is 2.75. The van der Waals surface area contributed by atoms with Crippen LogP contribution >= 0.6 is 0 Å². The third-order valence-electron chi connectivity index (χ3n) is 4.34. The molecule has 1 fully saturated rings. The van der Waals surface area contributed by atoms with E-state index in [0.29, 0.717) is 26.1 Å². The molecule has 0 saturated carbocycles. The molecule has 1 N–H and O–H groups in total. The Labute approximate surface area is 111 Å². The molecule has 0 radical (unpaired) electrons. The molecule has 3 heterocycles. The summed E-state index contributed by atoms with van der Waals surface area (Å²) in [5, 5.41) is 11.1. The van der Waals surface area contributed by atoms with Gasteiger partial charge in [-0.25, -0.2) is 4.98 Å². The van der Waals surface area contributed by atoms with E-state index in [1.54, 1.807) is 0 Å². The Hall–Kier alpha value is -1.65. The van der Waals surface area contributed by atoms with Crippen molar-refractivity contribution < 1.29 is 9.84 Å². The van der Waals surface area contributed by atoms with Crippen molar-refractivity contribution in [1.29, 1.82) is 0 Å². The van der Waals surface area contributed by atoms with E-state index in [1.165, 1.54) is 11.1 Å². The second kappa shape index (κ2) is 3.92. The van der Waals surface area contributed by atoms with E-state index in [-0.39, 0.29) is 6.04 Å². The molecule has 4 heteroatoms. The van der Waals surface area contributed by atoms with Crippen LogP contribution in [0.15, 0.2) is 36.8 Å². The Morgan fingerprint density at radius 3 is 2.89 bits per heavy atom. The van der Waals surface area contributed by atoms with Crippen LogP contribution in [0, 0.1) is 0 Å². The van der Waals surface area contributed by atoms with Crippen LogP contribution in [-0.2, 0) is 4.74 Å². The molecule has 4 nitrogen and oxygen atoms in total. The van der Waals surface area contributed by atoms with E-state index in [0.717, 1.165) is 5.69 Å². The van der Waals surface area contributed by atoms with E-state index in [1.807, 2.05) is 24.7 Å². The zero-order chi connectivity index (χ0) is 12.9. The quantitative estimate of drug-likeness (QED) is 0.849. The molecule has 98 valence electrons. The number of nitrogens with zero attached hydrogens (tertiary/aromatic N) is 2. The van der Waals surface area contributed by atoms with Crippen LogP contribution in [0.3, 0.4) is 0 Å². The van der Waals surface area contributed by atoms with Gasteiger partial charge in [-0.05, 0) is 5.56 Å². The zero-order valence-corrected chi connectivity index (χ0v) is 10.6. The largest absolute Gasteiger partial charge is 0.387 e. The highest BCUT2D eigenvalue weighted by Crippen LogP contribution is 2.47. The van der Waals surface area contributed by atoms with Gasteiger partial charge in [-0.2, -0.15) is 0 Å². The van der Waals surface area contributed by atoms with Crippen molar-refractivity contribution in [1.82, 2.24) is 9.55 Å². The maximum absolute atomic E-state index is 11.1. The maximum Gasteiger partial charge on any atom is 0.0957 e. The van der Waals surface area contributed by atoms with Gasteiger partial charge in [-0.1, -0.05) is 24.3 Å². The summed E-state index contributed by atoms with van der Waals surface area (Å²) in [7, 11) is 0. The van der Waals surface area contributed by atoms with Gasteiger partial charge in [0.15, 0.2) is 0 Å². The van der Waals surface area contributed by atoms with Crippen molar-refractivity contribution in [3.8, 4) is 11.3 Å². The Morgan fingerprint density at radius 1 is 1.26 bits per heavy atom. The van der Waals surface area contributed by atoms with E-state index < -0.39 is 5.60 Å². The summed E-state index contributed by atoms with van der Waals surface area (Å²) in [5.74, 6) is 0. The molecule has 1 unspecified atom stereocenters. The average molecular weight is 256 g/mol. The minimum Gasteiger partial charge on any atom is -0.387 e. The molecule has 1 saturated heterocycles. The number of benzene rings is 1. The molecular weight excluding hydrogens is 240 g/mol. The molecule has 1 aromatic carbocycles. The molecule has 2 aromatic rings. The molecule has 1 aromatic heterocycles. The van der Waals surface area contributed by atoms with E-state index >= 15 is 0 Å². The smallest absolute Gasteiger partial charge is 0.0957 e. The summed E-state index contributed by atoms with van der Waals surface area (Å²) < 4.78 is 7.50. The van der Waals surface area contributed by atoms with Crippen LogP contribution in [0.25, 0.3) is 11.3 Å². The van der Waals surface area contributed by atoms with Crippen LogP contribution in [0.5, 0.6) is 0 Å². The van der Waals surface area contributed by atoms with Gasteiger partial charge in [0.1, 0.15) is 0 Å². The lowest BCUT2D eigenvalue weighted by Crippen LogP contribution is -2.43. The normalized spacial score (nSPS) is 23.9. The molecule has 1 atom stereocenters. The minimum atomic E-state index is -0.736. The third kappa shape index (κ3) is 1.50. The summed E-state index contributed by atoms with van der Waals surface area (Å²) in [4.78, 5) is 4.24. The van der Waals surface area contributed by atoms with Crippen LogP contribution in [0.2, 0.25) is 0 Å². The fraction of sp³-hybridized carbons (Fsp3) is 0.400. The SMILES string of the molecule is OC1(C2c3ccccc3-c3cncn32)CCOCC1. The minimum absolute atomic E-state index is 0.0369. The lowest BCUT2D eigenvalue weighted by molar-refractivity contribution is -0.0841. The van der Waals surface area contributed by atoms with Gasteiger partial charge in [-0.15, -0.1) is 0 Å². The van der Waals surface area contributed by atoms with Gasteiger partial charge in [0.05, 0.1) is 29.9 Å². The Balaban J connectivity index is 1.89. The van der Waals surface area contributed by atoms with E-state index in [9.17, 15) is 5.11 Å². The molecule has 2 aliphatic rings. The predicted molar refractivity (Wildman–Crippen MR) is 70.8 cm³/mol. The molecule has 2 aliphatic heterocycles. The predicted octanol–water partition coefficient (Wildman–Crippen LogP) is 1.99. The summed E-state index contributed by atoms with van der Waals surface area (Å²) >= 11 is 0. The van der Waals surface area contributed by atoms with Crippen molar-refractivity contribution in [3.63, 3.8) is 0 Å². The fourth-order valence-corrected chi connectivity index (χ4v) is 3.38. The first-order chi connectivity index (χ1) is 9.30. The average Bonchev–Trinajstić information content (AvgIpc) is 2.99. The van der Waals surface area contributed by atoms with Gasteiger partial charge in [-0.3, -0.25) is 0 Å². The van der Waals surface area contributed by atoms with Crippen molar-refractivity contribution in [3.05, 3.63) is 42.4 Å². The summed E-state index contributed by atoms with van der Waals surface area (Å²) in [6.45, 7) is 1.25. The number of hydrogen-bond acceptors (Lipinski definition) is 3. The van der Waals surface area contributed by atoms with Gasteiger partial charge in [0.2, 0.25) is 0 Å². The van der Waals surface area contributed by atoms with Crippen molar-refractivity contribution in [2.75, 3.05) is 13.2 Å². The van der Waals surface area contributed by atoms with Crippen molar-refractivity contribution in [2.45, 2.75) is 24.5 Å². The number of fused-ring (bicyclic) bond motifs is 3. The summed E-state index contributed by atoms with van der Waals surface area (Å²) in [6, 6.07) is 8.25. The number of rotatable bonds is 1. The molecule has 0 aliphatic carbocycles. The van der Waals surface area contributed by atoms with Crippen LogP contribution in [-0.4, -0.2) is 33.5 Å². The first-order valence-corrected chi connectivity index (χ1v) is 6.71. The highest BCUT2D eigenvalue weighted by atomic mass is 16.5. The lowest BCUT2D eigenvalue weighted by atomic mass is 9.82. The second-order valence-corrected chi connectivity index (χ2v) is 5.39. The Kier molecular flexibility index (Phi) is 2.31. The molecule has 19 heavy (non-hydrogen) atoms. The number of aromatic nitrogens is 2. The van der Waals surface area contributed by atoms with Crippen molar-refractivity contribution >= 4 is 0 Å². The lowest BCUT2D eigenvalue weighted by Gasteiger charge is -2.38. The molecule has 0 bridgehead atoms. The van der Waals surface area contributed by atoms with Crippen LogP contribution in [0.1, 0.15) is 24.4 Å². The highest BCUT2D eigenvalue weighted by molar-refractivity contribution is 5.69. The first kappa shape index (κ1) is 11.2. The van der Waals surface area contributed by atoms with Crippen LogP contribution in [0.4, 0.5) is 0 Å². The first-order valence-electron chi connectivity index (χ1n) is 6.71. The Bertz CT molecular complexity index is 614. The third-order valence-corrected chi connectivity index (χ3v) is 4.34. The molecule has 0 amide bonds. The number of ether oxygens (including phenoxy) is 1.